The van der Waals surface area contributed by atoms with Gasteiger partial charge in [0.2, 0.25) is 5.91 Å². The minimum atomic E-state index is -0.0125. The van der Waals surface area contributed by atoms with Crippen molar-refractivity contribution >= 4 is 24.2 Å². The van der Waals surface area contributed by atoms with Crippen molar-refractivity contribution in [2.24, 2.45) is 11.3 Å². The molecule has 2 saturated carbocycles. The molecule has 3 aliphatic rings. The monoisotopic (exact) mass is 363 g/mol. The Bertz CT molecular complexity index is 654. The van der Waals surface area contributed by atoms with E-state index in [4.69, 9.17) is 0 Å². The molecule has 0 radical (unpaired) electrons. The summed E-state index contributed by atoms with van der Waals surface area (Å²) in [6.07, 6.45) is 5.43. The van der Waals surface area contributed by atoms with Gasteiger partial charge in [-0.2, -0.15) is 0 Å². The van der Waals surface area contributed by atoms with Gasteiger partial charge in [-0.15, -0.1) is 12.4 Å². The lowest BCUT2D eigenvalue weighted by Crippen LogP contribution is -2.33. The third-order valence-electron chi connectivity index (χ3n) is 5.67. The molecule has 3 fully saturated rings. The lowest BCUT2D eigenvalue weighted by molar-refractivity contribution is -0.123. The van der Waals surface area contributed by atoms with Crippen molar-refractivity contribution in [2.45, 2.75) is 44.7 Å². The molecule has 2 aliphatic carbocycles. The Hall–Kier alpha value is -1.59. The smallest absolute Gasteiger partial charge is 0.251 e. The average molecular weight is 364 g/mol. The number of hydrogen-bond acceptors (Lipinski definition) is 3. The predicted octanol–water partition coefficient (Wildman–Crippen LogP) is 2.01. The fourth-order valence-electron chi connectivity index (χ4n) is 3.83. The van der Waals surface area contributed by atoms with Crippen LogP contribution in [0, 0.1) is 11.3 Å². The summed E-state index contributed by atoms with van der Waals surface area (Å²) in [5, 5.41) is 9.42. The SMILES string of the molecule is Cl.O=C(NC1CC1)c1cccc(CNC(=O)C2CC23CCNCC3)c1. The van der Waals surface area contributed by atoms with Crippen LogP contribution in [0.25, 0.3) is 0 Å². The van der Waals surface area contributed by atoms with Crippen LogP contribution in [0.5, 0.6) is 0 Å². The van der Waals surface area contributed by atoms with E-state index in [1.165, 1.54) is 0 Å². The fraction of sp³-hybridized carbons (Fsp3) is 0.579. The molecular weight excluding hydrogens is 338 g/mol. The summed E-state index contributed by atoms with van der Waals surface area (Å²) in [5.41, 5.74) is 1.92. The zero-order valence-corrected chi connectivity index (χ0v) is 15.2. The fourth-order valence-corrected chi connectivity index (χ4v) is 3.83. The highest BCUT2D eigenvalue weighted by molar-refractivity contribution is 5.94. The van der Waals surface area contributed by atoms with Crippen LogP contribution in [0.2, 0.25) is 0 Å². The summed E-state index contributed by atoms with van der Waals surface area (Å²) >= 11 is 0. The second-order valence-electron chi connectivity index (χ2n) is 7.53. The lowest BCUT2D eigenvalue weighted by Gasteiger charge is -2.23. The van der Waals surface area contributed by atoms with Gasteiger partial charge >= 0.3 is 0 Å². The molecule has 1 atom stereocenters. The summed E-state index contributed by atoms with van der Waals surface area (Å²) in [4.78, 5) is 24.5. The second kappa shape index (κ2) is 7.34. The van der Waals surface area contributed by atoms with Crippen molar-refractivity contribution in [3.05, 3.63) is 35.4 Å². The van der Waals surface area contributed by atoms with E-state index < -0.39 is 0 Å². The molecule has 3 N–H and O–H groups in total. The van der Waals surface area contributed by atoms with Crippen LogP contribution in [0.1, 0.15) is 48.0 Å². The number of piperidine rings is 1. The molecule has 6 heteroatoms. The Morgan fingerprint density at radius 2 is 1.96 bits per heavy atom. The van der Waals surface area contributed by atoms with Gasteiger partial charge in [0, 0.05) is 24.1 Å². The van der Waals surface area contributed by atoms with E-state index in [0.717, 1.165) is 50.8 Å². The van der Waals surface area contributed by atoms with Crippen LogP contribution < -0.4 is 16.0 Å². The first kappa shape index (κ1) is 18.2. The number of rotatable bonds is 5. The Labute approximate surface area is 154 Å². The van der Waals surface area contributed by atoms with Crippen molar-refractivity contribution in [3.63, 3.8) is 0 Å². The number of nitrogens with one attached hydrogen (secondary N) is 3. The Kier molecular flexibility index (Phi) is 5.35. The normalized spacial score (nSPS) is 23.4. The first-order valence-electron chi connectivity index (χ1n) is 9.05. The number of hydrogen-bond donors (Lipinski definition) is 3. The van der Waals surface area contributed by atoms with Gasteiger partial charge in [0.25, 0.3) is 5.91 Å². The van der Waals surface area contributed by atoms with Crippen LogP contribution in [-0.4, -0.2) is 30.9 Å². The van der Waals surface area contributed by atoms with Crippen LogP contribution in [0.15, 0.2) is 24.3 Å². The Morgan fingerprint density at radius 1 is 1.20 bits per heavy atom. The van der Waals surface area contributed by atoms with E-state index in [1.54, 1.807) is 0 Å². The minimum Gasteiger partial charge on any atom is -0.352 e. The van der Waals surface area contributed by atoms with Gasteiger partial charge in [0.1, 0.15) is 0 Å². The molecule has 1 heterocycles. The molecule has 4 rings (SSSR count). The van der Waals surface area contributed by atoms with Gasteiger partial charge in [0.15, 0.2) is 0 Å². The highest BCUT2D eigenvalue weighted by atomic mass is 35.5. The molecule has 5 nitrogen and oxygen atoms in total. The van der Waals surface area contributed by atoms with Gasteiger partial charge in [-0.05, 0) is 68.3 Å². The molecule has 136 valence electrons. The van der Waals surface area contributed by atoms with Crippen molar-refractivity contribution in [1.29, 1.82) is 0 Å². The topological polar surface area (TPSA) is 70.2 Å². The predicted molar refractivity (Wildman–Crippen MR) is 98.7 cm³/mol. The van der Waals surface area contributed by atoms with E-state index >= 15 is 0 Å². The van der Waals surface area contributed by atoms with Crippen molar-refractivity contribution in [1.82, 2.24) is 16.0 Å². The summed E-state index contributed by atoms with van der Waals surface area (Å²) < 4.78 is 0. The average Bonchev–Trinajstić information content (AvgIpc) is 3.52. The zero-order valence-electron chi connectivity index (χ0n) is 14.3. The molecule has 0 aromatic heterocycles. The van der Waals surface area contributed by atoms with Gasteiger partial charge < -0.3 is 16.0 Å². The zero-order chi connectivity index (χ0) is 16.6. The lowest BCUT2D eigenvalue weighted by atomic mass is 9.92. The van der Waals surface area contributed by atoms with E-state index in [0.29, 0.717) is 18.2 Å². The molecule has 0 bridgehead atoms. The summed E-state index contributed by atoms with van der Waals surface area (Å²) in [6.45, 7) is 2.55. The second-order valence-corrected chi connectivity index (χ2v) is 7.53. The first-order chi connectivity index (χ1) is 11.7. The van der Waals surface area contributed by atoms with Gasteiger partial charge in [-0.3, -0.25) is 9.59 Å². The van der Waals surface area contributed by atoms with E-state index in [9.17, 15) is 9.59 Å². The quantitative estimate of drug-likeness (QED) is 0.749. The molecule has 1 aromatic carbocycles. The third-order valence-corrected chi connectivity index (χ3v) is 5.67. The molecule has 1 saturated heterocycles. The van der Waals surface area contributed by atoms with Crippen LogP contribution in [-0.2, 0) is 11.3 Å². The van der Waals surface area contributed by atoms with Crippen LogP contribution in [0.3, 0.4) is 0 Å². The van der Waals surface area contributed by atoms with Gasteiger partial charge in [-0.1, -0.05) is 12.1 Å². The third kappa shape index (κ3) is 4.15. The summed E-state index contributed by atoms with van der Waals surface area (Å²) in [7, 11) is 0. The molecule has 1 unspecified atom stereocenters. The van der Waals surface area contributed by atoms with Gasteiger partial charge in [0.05, 0.1) is 0 Å². The minimum absolute atomic E-state index is 0. The maximum atomic E-state index is 12.4. The Balaban J connectivity index is 0.00000182. The van der Waals surface area contributed by atoms with E-state index in [1.807, 2.05) is 24.3 Å². The van der Waals surface area contributed by atoms with Crippen molar-refractivity contribution in [2.75, 3.05) is 13.1 Å². The van der Waals surface area contributed by atoms with Crippen LogP contribution >= 0.6 is 12.4 Å². The summed E-state index contributed by atoms with van der Waals surface area (Å²) in [6, 6.07) is 7.91. The molecular formula is C19H26ClN3O2. The highest BCUT2D eigenvalue weighted by Gasteiger charge is 2.57. The molecule has 25 heavy (non-hydrogen) atoms. The Morgan fingerprint density at radius 3 is 2.68 bits per heavy atom. The highest BCUT2D eigenvalue weighted by Crippen LogP contribution is 2.58. The number of halogens is 1. The molecule has 1 aliphatic heterocycles. The standard InChI is InChI=1S/C19H25N3O2.ClH/c23-17(22-15-4-5-15)14-3-1-2-13(10-14)12-21-18(24)16-11-19(16)6-8-20-9-7-19;/h1-3,10,15-16,20H,4-9,11-12H2,(H,21,24)(H,22,23);1H. The van der Waals surface area contributed by atoms with E-state index in [2.05, 4.69) is 16.0 Å². The van der Waals surface area contributed by atoms with Crippen molar-refractivity contribution < 1.29 is 9.59 Å². The van der Waals surface area contributed by atoms with E-state index in [-0.39, 0.29) is 35.6 Å². The van der Waals surface area contributed by atoms with Crippen molar-refractivity contribution in [3.8, 4) is 0 Å². The molecule has 1 spiro atoms. The summed E-state index contributed by atoms with van der Waals surface area (Å²) in [5.74, 6) is 0.340. The molecule has 1 aromatic rings. The van der Waals surface area contributed by atoms with Crippen LogP contribution in [0.4, 0.5) is 0 Å². The maximum absolute atomic E-state index is 12.4. The largest absolute Gasteiger partial charge is 0.352 e. The molecule has 2 amide bonds. The number of amides is 2. The maximum Gasteiger partial charge on any atom is 0.251 e. The number of benzene rings is 1. The number of carbonyl (C=O) groups excluding carboxylic acids is 2. The van der Waals surface area contributed by atoms with Gasteiger partial charge in [-0.25, -0.2) is 0 Å². The first-order valence-corrected chi connectivity index (χ1v) is 9.05. The number of carbonyl (C=O) groups is 2.